The Balaban J connectivity index is 1.24. The standard InChI is InChI=1S/C36H36Cl2N4O6/c1-45-31-12-11-24(17-33(31)46-2)32(18-27-28(37)19-39-20-29(27)38)47-35(43)30-10-6-7-25(40-30)21-42(26-8-4-3-5-9-26)36(44)48-34-22-41-15-13-23(34)14-16-41/h3-12,17,19-20,23,32,34H,13-16,18,21-22H2,1-2H3/t32-,34-/m0/s1. The second-order valence-corrected chi connectivity index (χ2v) is 12.6. The highest BCUT2D eigenvalue weighted by atomic mass is 35.5. The summed E-state index contributed by atoms with van der Waals surface area (Å²) in [7, 11) is 3.07. The molecule has 4 aromatic rings. The zero-order valence-corrected chi connectivity index (χ0v) is 28.2. The van der Waals surface area contributed by atoms with Gasteiger partial charge in [-0.25, -0.2) is 14.6 Å². The van der Waals surface area contributed by atoms with Crippen molar-refractivity contribution in [3.8, 4) is 11.5 Å². The number of fused-ring (bicyclic) bond motifs is 3. The van der Waals surface area contributed by atoms with E-state index in [1.807, 2.05) is 30.3 Å². The molecule has 2 aromatic carbocycles. The van der Waals surface area contributed by atoms with Crippen LogP contribution in [0.2, 0.25) is 10.0 Å². The third-order valence-electron chi connectivity index (χ3n) is 8.84. The number of piperidine rings is 3. The maximum absolute atomic E-state index is 13.7. The number of amides is 1. The molecule has 3 fully saturated rings. The van der Waals surface area contributed by atoms with Crippen LogP contribution < -0.4 is 14.4 Å². The number of pyridine rings is 2. The van der Waals surface area contributed by atoms with E-state index in [0.717, 1.165) is 32.5 Å². The van der Waals surface area contributed by atoms with E-state index in [9.17, 15) is 9.59 Å². The van der Waals surface area contributed by atoms with Crippen molar-refractivity contribution >= 4 is 41.0 Å². The molecule has 250 valence electrons. The van der Waals surface area contributed by atoms with Crippen molar-refractivity contribution in [2.75, 3.05) is 38.8 Å². The molecular weight excluding hydrogens is 655 g/mol. The normalized spacial score (nSPS) is 18.9. The fourth-order valence-corrected chi connectivity index (χ4v) is 6.76. The zero-order chi connectivity index (χ0) is 33.6. The van der Waals surface area contributed by atoms with Gasteiger partial charge >= 0.3 is 12.1 Å². The fraction of sp³-hybridized carbons (Fsp3) is 0.333. The fourth-order valence-electron chi connectivity index (χ4n) is 6.24. The Labute approximate surface area is 289 Å². The summed E-state index contributed by atoms with van der Waals surface area (Å²) in [6, 6.07) is 19.6. The van der Waals surface area contributed by atoms with Gasteiger partial charge in [0.05, 0.1) is 36.5 Å². The molecule has 1 amide bonds. The molecule has 0 saturated carbocycles. The number of hydrogen-bond acceptors (Lipinski definition) is 9. The number of esters is 1. The van der Waals surface area contributed by atoms with Gasteiger partial charge in [0, 0.05) is 31.0 Å². The second-order valence-electron chi connectivity index (χ2n) is 11.8. The van der Waals surface area contributed by atoms with Crippen molar-refractivity contribution in [2.24, 2.45) is 5.92 Å². The van der Waals surface area contributed by atoms with E-state index in [-0.39, 0.29) is 24.8 Å². The van der Waals surface area contributed by atoms with Crippen LogP contribution in [0.4, 0.5) is 10.5 Å². The average Bonchev–Trinajstić information content (AvgIpc) is 3.12. The Morgan fingerprint density at radius 2 is 1.67 bits per heavy atom. The molecule has 48 heavy (non-hydrogen) atoms. The number of aromatic nitrogens is 2. The van der Waals surface area contributed by atoms with Gasteiger partial charge in [-0.1, -0.05) is 53.5 Å². The molecule has 0 aliphatic carbocycles. The van der Waals surface area contributed by atoms with Crippen LogP contribution in [-0.2, 0) is 22.4 Å². The first-order chi connectivity index (χ1) is 23.3. The van der Waals surface area contributed by atoms with Crippen LogP contribution in [0.3, 0.4) is 0 Å². The number of hydrogen-bond donors (Lipinski definition) is 0. The molecular formula is C36H36Cl2N4O6. The smallest absolute Gasteiger partial charge is 0.414 e. The Hall–Kier alpha value is -4.38. The zero-order valence-electron chi connectivity index (χ0n) is 26.7. The first-order valence-corrected chi connectivity index (χ1v) is 16.5. The first-order valence-electron chi connectivity index (χ1n) is 15.7. The minimum atomic E-state index is -0.822. The lowest BCUT2D eigenvalue weighted by Gasteiger charge is -2.44. The highest BCUT2D eigenvalue weighted by Gasteiger charge is 2.37. The topological polar surface area (TPSA) is 103 Å². The number of carbonyl (C=O) groups is 2. The van der Waals surface area contributed by atoms with Gasteiger partial charge in [-0.05, 0) is 79.4 Å². The Morgan fingerprint density at radius 1 is 0.938 bits per heavy atom. The number of benzene rings is 2. The Kier molecular flexibility index (Phi) is 10.6. The molecule has 5 heterocycles. The van der Waals surface area contributed by atoms with E-state index in [0.29, 0.717) is 50.0 Å². The number of ether oxygens (including phenoxy) is 4. The molecule has 12 heteroatoms. The molecule has 2 bridgehead atoms. The molecule has 10 nitrogen and oxygen atoms in total. The van der Waals surface area contributed by atoms with Crippen molar-refractivity contribution in [3.05, 3.63) is 112 Å². The molecule has 3 aliphatic heterocycles. The molecule has 2 aromatic heterocycles. The highest BCUT2D eigenvalue weighted by molar-refractivity contribution is 6.35. The van der Waals surface area contributed by atoms with Crippen LogP contribution in [0.15, 0.2) is 79.1 Å². The summed E-state index contributed by atoms with van der Waals surface area (Å²) in [5.41, 5.74) is 2.43. The summed E-state index contributed by atoms with van der Waals surface area (Å²) in [6.07, 6.45) is 3.76. The van der Waals surface area contributed by atoms with Crippen LogP contribution in [0.5, 0.6) is 11.5 Å². The molecule has 0 radical (unpaired) electrons. The second kappa shape index (κ2) is 15.2. The van der Waals surface area contributed by atoms with Gasteiger partial charge in [-0.15, -0.1) is 0 Å². The van der Waals surface area contributed by atoms with Crippen LogP contribution in [0, 0.1) is 5.92 Å². The number of rotatable bonds is 11. The maximum atomic E-state index is 13.7. The van der Waals surface area contributed by atoms with Gasteiger partial charge in [0.1, 0.15) is 17.9 Å². The lowest BCUT2D eigenvalue weighted by molar-refractivity contribution is -0.0311. The van der Waals surface area contributed by atoms with E-state index in [4.69, 9.17) is 42.1 Å². The summed E-state index contributed by atoms with van der Waals surface area (Å²) in [4.78, 5) is 39.9. The van der Waals surface area contributed by atoms with Gasteiger partial charge in [-0.2, -0.15) is 0 Å². The first kappa shape index (κ1) is 33.5. The lowest BCUT2D eigenvalue weighted by atomic mass is 9.86. The monoisotopic (exact) mass is 690 g/mol. The third kappa shape index (κ3) is 7.67. The van der Waals surface area contributed by atoms with Crippen LogP contribution in [0.25, 0.3) is 0 Å². The SMILES string of the molecule is COc1ccc([C@H](Cc2c(Cl)cncc2Cl)OC(=O)c2cccc(CN(C(=O)O[C@H]3CN4CCC3CC4)c3ccccc3)n2)cc1OC. The van der Waals surface area contributed by atoms with E-state index in [2.05, 4.69) is 14.9 Å². The minimum Gasteiger partial charge on any atom is -0.493 e. The minimum absolute atomic E-state index is 0.0728. The number of methoxy groups -OCH3 is 2. The van der Waals surface area contributed by atoms with E-state index >= 15 is 0 Å². The largest absolute Gasteiger partial charge is 0.493 e. The molecule has 2 atom stereocenters. The van der Waals surface area contributed by atoms with Crippen LogP contribution >= 0.6 is 23.2 Å². The van der Waals surface area contributed by atoms with Gasteiger partial charge in [0.15, 0.2) is 11.5 Å². The van der Waals surface area contributed by atoms with Crippen molar-refractivity contribution < 1.29 is 28.5 Å². The predicted octanol–water partition coefficient (Wildman–Crippen LogP) is 7.18. The molecule has 7 rings (SSSR count). The Morgan fingerprint density at radius 3 is 2.33 bits per heavy atom. The molecule has 0 unspecified atom stereocenters. The molecule has 0 N–H and O–H groups in total. The molecule has 3 saturated heterocycles. The van der Waals surface area contributed by atoms with Gasteiger partial charge in [-0.3, -0.25) is 14.8 Å². The number of para-hydroxylation sites is 1. The highest BCUT2D eigenvalue weighted by Crippen LogP contribution is 2.36. The van der Waals surface area contributed by atoms with Gasteiger partial charge in [0.25, 0.3) is 0 Å². The summed E-state index contributed by atoms with van der Waals surface area (Å²) in [6.45, 7) is 2.93. The summed E-state index contributed by atoms with van der Waals surface area (Å²) < 4.78 is 23.1. The third-order valence-corrected chi connectivity index (χ3v) is 9.49. The van der Waals surface area contributed by atoms with E-state index in [1.165, 1.54) is 19.5 Å². The van der Waals surface area contributed by atoms with Crippen molar-refractivity contribution in [1.29, 1.82) is 0 Å². The van der Waals surface area contributed by atoms with Crippen molar-refractivity contribution in [2.45, 2.75) is 38.0 Å². The van der Waals surface area contributed by atoms with Crippen LogP contribution in [0.1, 0.15) is 46.3 Å². The lowest BCUT2D eigenvalue weighted by Crippen LogP contribution is -2.53. The summed E-state index contributed by atoms with van der Waals surface area (Å²) >= 11 is 12.9. The predicted molar refractivity (Wildman–Crippen MR) is 182 cm³/mol. The molecule has 3 aliphatic rings. The number of carbonyl (C=O) groups excluding carboxylic acids is 2. The van der Waals surface area contributed by atoms with Crippen molar-refractivity contribution in [1.82, 2.24) is 14.9 Å². The van der Waals surface area contributed by atoms with E-state index < -0.39 is 18.2 Å². The molecule has 0 spiro atoms. The average molecular weight is 692 g/mol. The maximum Gasteiger partial charge on any atom is 0.414 e. The van der Waals surface area contributed by atoms with Gasteiger partial charge < -0.3 is 18.9 Å². The number of nitrogens with zero attached hydrogens (tertiary/aromatic N) is 4. The van der Waals surface area contributed by atoms with Gasteiger partial charge in [0.2, 0.25) is 0 Å². The number of anilines is 1. The quantitative estimate of drug-likeness (QED) is 0.151. The van der Waals surface area contributed by atoms with Crippen LogP contribution in [-0.4, -0.2) is 66.9 Å². The Bertz CT molecular complexity index is 1730. The summed E-state index contributed by atoms with van der Waals surface area (Å²) in [5, 5.41) is 0.686. The summed E-state index contributed by atoms with van der Waals surface area (Å²) in [5.74, 6) is 0.687. The van der Waals surface area contributed by atoms with E-state index in [1.54, 1.807) is 48.4 Å². The van der Waals surface area contributed by atoms with Crippen molar-refractivity contribution in [3.63, 3.8) is 0 Å². The number of halogens is 2.